The van der Waals surface area contributed by atoms with Gasteiger partial charge in [-0.3, -0.25) is 4.79 Å². The maximum atomic E-state index is 11.9. The molecule has 0 aliphatic carbocycles. The first kappa shape index (κ1) is 18.7. The first-order valence-electron chi connectivity index (χ1n) is 7.83. The highest BCUT2D eigenvalue weighted by Crippen LogP contribution is 2.22. The number of amides is 1. The first-order chi connectivity index (χ1) is 12.0. The number of nitrogens with zero attached hydrogens (tertiary/aromatic N) is 1. The van der Waals surface area contributed by atoms with Crippen molar-refractivity contribution in [2.45, 2.75) is 32.2 Å². The van der Waals surface area contributed by atoms with E-state index in [9.17, 15) is 9.59 Å². The number of nitrogens with one attached hydrogen (secondary N) is 1. The van der Waals surface area contributed by atoms with Gasteiger partial charge in [0.15, 0.2) is 11.7 Å². The van der Waals surface area contributed by atoms with E-state index in [2.05, 4.69) is 10.3 Å². The predicted molar refractivity (Wildman–Crippen MR) is 94.3 cm³/mol. The summed E-state index contributed by atoms with van der Waals surface area (Å²) in [6, 6.07) is 6.21. The number of carbonyl (C=O) groups is 2. The van der Waals surface area contributed by atoms with Crippen LogP contribution in [-0.2, 0) is 16.0 Å². The molecule has 0 aliphatic heterocycles. The highest BCUT2D eigenvalue weighted by atomic mass is 35.5. The van der Waals surface area contributed by atoms with Crippen LogP contribution in [-0.4, -0.2) is 28.0 Å². The number of carbonyl (C=O) groups excluding carboxylic acids is 1. The molecule has 0 bridgehead atoms. The van der Waals surface area contributed by atoms with Gasteiger partial charge < -0.3 is 14.8 Å². The normalized spacial score (nSPS) is 12.2. The Hall–Kier alpha value is -2.60. The molecule has 7 heteroatoms. The van der Waals surface area contributed by atoms with Crippen LogP contribution in [0.4, 0.5) is 0 Å². The zero-order chi connectivity index (χ0) is 18.2. The van der Waals surface area contributed by atoms with Gasteiger partial charge in [0.2, 0.25) is 5.91 Å². The number of aryl methyl sites for hydroxylation is 1. The second-order valence-electron chi connectivity index (χ2n) is 5.39. The SMILES string of the molecule is C/C=C/CC(NC(=O)CCc1ncc(-c2ccc(Cl)cc2)o1)C(=O)O. The molecule has 0 aliphatic rings. The van der Waals surface area contributed by atoms with Crippen molar-refractivity contribution < 1.29 is 19.1 Å². The van der Waals surface area contributed by atoms with Crippen LogP contribution in [0.3, 0.4) is 0 Å². The average molecular weight is 363 g/mol. The summed E-state index contributed by atoms with van der Waals surface area (Å²) in [5.41, 5.74) is 0.838. The molecule has 1 amide bonds. The number of hydrogen-bond donors (Lipinski definition) is 2. The van der Waals surface area contributed by atoms with Gasteiger partial charge in [-0.2, -0.15) is 0 Å². The Bertz CT molecular complexity index is 753. The number of rotatable bonds is 8. The summed E-state index contributed by atoms with van der Waals surface area (Å²) in [5.74, 6) is -0.417. The van der Waals surface area contributed by atoms with E-state index in [4.69, 9.17) is 21.1 Å². The summed E-state index contributed by atoms with van der Waals surface area (Å²) in [5, 5.41) is 12.2. The van der Waals surface area contributed by atoms with Gasteiger partial charge in [-0.1, -0.05) is 23.8 Å². The molecular weight excluding hydrogens is 344 g/mol. The van der Waals surface area contributed by atoms with E-state index in [-0.39, 0.29) is 25.2 Å². The molecule has 0 saturated carbocycles. The number of halogens is 1. The largest absolute Gasteiger partial charge is 0.480 e. The van der Waals surface area contributed by atoms with E-state index >= 15 is 0 Å². The van der Waals surface area contributed by atoms with Crippen LogP contribution in [0.2, 0.25) is 5.02 Å². The lowest BCUT2D eigenvalue weighted by molar-refractivity contribution is -0.141. The molecule has 6 nitrogen and oxygen atoms in total. The van der Waals surface area contributed by atoms with Gasteiger partial charge in [-0.15, -0.1) is 0 Å². The summed E-state index contributed by atoms with van der Waals surface area (Å²) in [7, 11) is 0. The molecule has 1 unspecified atom stereocenters. The Morgan fingerprint density at radius 3 is 2.72 bits per heavy atom. The van der Waals surface area contributed by atoms with E-state index < -0.39 is 12.0 Å². The lowest BCUT2D eigenvalue weighted by Crippen LogP contribution is -2.40. The molecular formula is C18H19ClN2O4. The summed E-state index contributed by atoms with van der Waals surface area (Å²) in [4.78, 5) is 27.2. The molecule has 25 heavy (non-hydrogen) atoms. The van der Waals surface area contributed by atoms with E-state index in [1.54, 1.807) is 37.4 Å². The second kappa shape index (κ2) is 9.03. The highest BCUT2D eigenvalue weighted by molar-refractivity contribution is 6.30. The van der Waals surface area contributed by atoms with Crippen molar-refractivity contribution in [3.8, 4) is 11.3 Å². The summed E-state index contributed by atoms with van der Waals surface area (Å²) in [6.45, 7) is 1.79. The predicted octanol–water partition coefficient (Wildman–Crippen LogP) is 3.46. The van der Waals surface area contributed by atoms with Gasteiger partial charge in [-0.05, 0) is 37.6 Å². The summed E-state index contributed by atoms with van der Waals surface area (Å²) in [6.07, 6.45) is 5.66. The number of oxazole rings is 1. The quantitative estimate of drug-likeness (QED) is 0.701. The molecule has 1 heterocycles. The van der Waals surface area contributed by atoms with Crippen LogP contribution in [0, 0.1) is 0 Å². The Labute approximate surface area is 150 Å². The lowest BCUT2D eigenvalue weighted by atomic mass is 10.2. The smallest absolute Gasteiger partial charge is 0.326 e. The van der Waals surface area contributed by atoms with Crippen LogP contribution in [0.5, 0.6) is 0 Å². The molecule has 132 valence electrons. The number of hydrogen-bond acceptors (Lipinski definition) is 4. The van der Waals surface area contributed by atoms with Crippen LogP contribution >= 0.6 is 11.6 Å². The monoisotopic (exact) mass is 362 g/mol. The molecule has 1 aromatic carbocycles. The van der Waals surface area contributed by atoms with Gasteiger partial charge >= 0.3 is 5.97 Å². The maximum Gasteiger partial charge on any atom is 0.326 e. The molecule has 1 atom stereocenters. The lowest BCUT2D eigenvalue weighted by Gasteiger charge is -2.12. The Morgan fingerprint density at radius 1 is 1.36 bits per heavy atom. The second-order valence-corrected chi connectivity index (χ2v) is 5.82. The minimum Gasteiger partial charge on any atom is -0.480 e. The van der Waals surface area contributed by atoms with Gasteiger partial charge in [0, 0.05) is 23.4 Å². The Kier molecular flexibility index (Phi) is 6.77. The minimum atomic E-state index is -1.06. The third-order valence-electron chi connectivity index (χ3n) is 3.49. The fourth-order valence-electron chi connectivity index (χ4n) is 2.15. The van der Waals surface area contributed by atoms with Gasteiger partial charge in [-0.25, -0.2) is 9.78 Å². The van der Waals surface area contributed by atoms with Crippen LogP contribution in [0.15, 0.2) is 47.0 Å². The standard InChI is InChI=1S/C18H19ClN2O4/c1-2-3-4-14(18(23)24)21-16(22)9-10-17-20-11-15(25-17)12-5-7-13(19)8-6-12/h2-3,5-8,11,14H,4,9-10H2,1H3,(H,21,22)(H,23,24)/b3-2+. The number of aromatic nitrogens is 1. The number of aliphatic carboxylic acids is 1. The summed E-state index contributed by atoms with van der Waals surface area (Å²) >= 11 is 5.85. The molecule has 0 fully saturated rings. The molecule has 0 spiro atoms. The van der Waals surface area contributed by atoms with E-state index in [1.165, 1.54) is 0 Å². The molecule has 2 N–H and O–H groups in total. The van der Waals surface area contributed by atoms with Crippen molar-refractivity contribution in [2.75, 3.05) is 0 Å². The molecule has 0 radical (unpaired) electrons. The van der Waals surface area contributed by atoms with Crippen molar-refractivity contribution in [3.05, 3.63) is 53.5 Å². The van der Waals surface area contributed by atoms with E-state index in [0.717, 1.165) is 5.56 Å². The van der Waals surface area contributed by atoms with Crippen LogP contribution < -0.4 is 5.32 Å². The highest BCUT2D eigenvalue weighted by Gasteiger charge is 2.18. The van der Waals surface area contributed by atoms with Gasteiger partial charge in [0.05, 0.1) is 6.20 Å². The van der Waals surface area contributed by atoms with Gasteiger partial charge in [0.25, 0.3) is 0 Å². The Morgan fingerprint density at radius 2 is 2.08 bits per heavy atom. The minimum absolute atomic E-state index is 0.0974. The van der Waals surface area contributed by atoms with Crippen molar-refractivity contribution in [1.29, 1.82) is 0 Å². The molecule has 1 aromatic heterocycles. The van der Waals surface area contributed by atoms with Gasteiger partial charge in [0.1, 0.15) is 6.04 Å². The fraction of sp³-hybridized carbons (Fsp3) is 0.278. The summed E-state index contributed by atoms with van der Waals surface area (Å²) < 4.78 is 5.62. The first-order valence-corrected chi connectivity index (χ1v) is 8.21. The van der Waals surface area contributed by atoms with Crippen LogP contribution in [0.1, 0.15) is 25.7 Å². The zero-order valence-corrected chi connectivity index (χ0v) is 14.5. The Balaban J connectivity index is 1.89. The topological polar surface area (TPSA) is 92.4 Å². The third kappa shape index (κ3) is 5.76. The van der Waals surface area contributed by atoms with Crippen molar-refractivity contribution >= 4 is 23.5 Å². The fourth-order valence-corrected chi connectivity index (χ4v) is 2.28. The van der Waals surface area contributed by atoms with Crippen molar-refractivity contribution in [3.63, 3.8) is 0 Å². The van der Waals surface area contributed by atoms with Crippen molar-refractivity contribution in [1.82, 2.24) is 10.3 Å². The zero-order valence-electron chi connectivity index (χ0n) is 13.7. The van der Waals surface area contributed by atoms with Crippen LogP contribution in [0.25, 0.3) is 11.3 Å². The maximum absolute atomic E-state index is 11.9. The van der Waals surface area contributed by atoms with Crippen molar-refractivity contribution in [2.24, 2.45) is 0 Å². The molecule has 0 saturated heterocycles. The molecule has 2 rings (SSSR count). The number of allylic oxidation sites excluding steroid dienone is 1. The van der Waals surface area contributed by atoms with E-state index in [1.807, 2.05) is 12.1 Å². The van der Waals surface area contributed by atoms with E-state index in [0.29, 0.717) is 16.7 Å². The number of benzene rings is 1. The number of carboxylic acid groups (broad SMARTS) is 1. The average Bonchev–Trinajstić information content (AvgIpc) is 3.06. The number of carboxylic acids is 1. The third-order valence-corrected chi connectivity index (χ3v) is 3.74. The molecule has 2 aromatic rings.